The van der Waals surface area contributed by atoms with Gasteiger partial charge in [0.1, 0.15) is 5.69 Å². The minimum absolute atomic E-state index is 0.221. The number of hydrogen-bond acceptors (Lipinski definition) is 5. The first-order valence-corrected chi connectivity index (χ1v) is 6.44. The quantitative estimate of drug-likeness (QED) is 0.641. The highest BCUT2D eigenvalue weighted by molar-refractivity contribution is 7.15. The summed E-state index contributed by atoms with van der Waals surface area (Å²) in [4.78, 5) is 27.7. The van der Waals surface area contributed by atoms with Gasteiger partial charge in [-0.1, -0.05) is 41.7 Å². The molecule has 2 heterocycles. The Balaban J connectivity index is 2.33. The van der Waals surface area contributed by atoms with Crippen LogP contribution in [0, 0.1) is 6.92 Å². The zero-order chi connectivity index (χ0) is 13.4. The van der Waals surface area contributed by atoms with Crippen LogP contribution in [0.1, 0.15) is 11.3 Å². The van der Waals surface area contributed by atoms with Gasteiger partial charge >= 0.3 is 0 Å². The molecule has 5 nitrogen and oxygen atoms in total. The van der Waals surface area contributed by atoms with Crippen LogP contribution >= 0.6 is 11.3 Å². The normalized spacial score (nSPS) is 12.2. The first-order valence-electron chi connectivity index (χ1n) is 5.62. The van der Waals surface area contributed by atoms with Crippen molar-refractivity contribution in [2.45, 2.75) is 6.92 Å². The highest BCUT2D eigenvalue weighted by Crippen LogP contribution is 2.01. The van der Waals surface area contributed by atoms with E-state index in [-0.39, 0.29) is 11.3 Å². The third kappa shape index (κ3) is 2.06. The van der Waals surface area contributed by atoms with Crippen LogP contribution in [0.4, 0.5) is 0 Å². The van der Waals surface area contributed by atoms with Crippen LogP contribution in [0.3, 0.4) is 0 Å². The highest BCUT2D eigenvalue weighted by Gasteiger charge is 2.07. The number of thiazole rings is 1. The van der Waals surface area contributed by atoms with Crippen molar-refractivity contribution < 1.29 is 0 Å². The molecule has 0 atom stereocenters. The smallest absolute Gasteiger partial charge is 0.266 e. The second-order valence-corrected chi connectivity index (χ2v) is 5.03. The molecule has 0 aliphatic carbocycles. The SMILES string of the molecule is Cc1nn2c(=O)/c(=C/c3ccccc3)sc2nc1=O. The maximum absolute atomic E-state index is 12.1. The van der Waals surface area contributed by atoms with E-state index in [1.807, 2.05) is 30.3 Å². The maximum Gasteiger partial charge on any atom is 0.295 e. The van der Waals surface area contributed by atoms with Gasteiger partial charge in [-0.2, -0.15) is 14.6 Å². The molecule has 0 radical (unpaired) electrons. The van der Waals surface area contributed by atoms with E-state index in [2.05, 4.69) is 10.1 Å². The van der Waals surface area contributed by atoms with Crippen LogP contribution in [0.2, 0.25) is 0 Å². The predicted molar refractivity (Wildman–Crippen MR) is 73.4 cm³/mol. The number of aromatic nitrogens is 3. The summed E-state index contributed by atoms with van der Waals surface area (Å²) in [6, 6.07) is 9.50. The van der Waals surface area contributed by atoms with Gasteiger partial charge in [0, 0.05) is 0 Å². The number of rotatable bonds is 1. The lowest BCUT2D eigenvalue weighted by Crippen LogP contribution is -2.27. The summed E-state index contributed by atoms with van der Waals surface area (Å²) in [5, 5.41) is 3.96. The molecular weight excluding hydrogens is 262 g/mol. The molecule has 0 aliphatic heterocycles. The molecule has 6 heteroatoms. The summed E-state index contributed by atoms with van der Waals surface area (Å²) >= 11 is 1.16. The lowest BCUT2D eigenvalue weighted by molar-refractivity contribution is 0.833. The molecule has 0 aliphatic rings. The number of hydrogen-bond donors (Lipinski definition) is 0. The van der Waals surface area contributed by atoms with Gasteiger partial charge in [0.25, 0.3) is 11.1 Å². The Morgan fingerprint density at radius 1 is 1.21 bits per heavy atom. The summed E-state index contributed by atoms with van der Waals surface area (Å²) in [5.41, 5.74) is 0.497. The Morgan fingerprint density at radius 3 is 2.68 bits per heavy atom. The minimum atomic E-state index is -0.396. The van der Waals surface area contributed by atoms with Crippen LogP contribution in [0.5, 0.6) is 0 Å². The van der Waals surface area contributed by atoms with Gasteiger partial charge in [-0.3, -0.25) is 9.59 Å². The third-order valence-electron chi connectivity index (χ3n) is 2.64. The largest absolute Gasteiger partial charge is 0.295 e. The molecule has 0 unspecified atom stereocenters. The fraction of sp³-hybridized carbons (Fsp3) is 0.0769. The molecule has 2 aromatic heterocycles. The first kappa shape index (κ1) is 11.7. The van der Waals surface area contributed by atoms with Gasteiger partial charge in [0.2, 0.25) is 4.96 Å². The third-order valence-corrected chi connectivity index (χ3v) is 3.60. The fourth-order valence-corrected chi connectivity index (χ4v) is 2.59. The van der Waals surface area contributed by atoms with E-state index in [9.17, 15) is 9.59 Å². The molecule has 0 amide bonds. The molecular formula is C13H9N3O2S. The van der Waals surface area contributed by atoms with E-state index >= 15 is 0 Å². The van der Waals surface area contributed by atoms with Crippen LogP contribution in [-0.4, -0.2) is 14.6 Å². The molecule has 0 bridgehead atoms. The summed E-state index contributed by atoms with van der Waals surface area (Å²) in [7, 11) is 0. The molecule has 0 fully saturated rings. The van der Waals surface area contributed by atoms with Gasteiger partial charge in [-0.05, 0) is 18.6 Å². The lowest BCUT2D eigenvalue weighted by atomic mass is 10.2. The molecule has 0 N–H and O–H groups in total. The monoisotopic (exact) mass is 271 g/mol. The standard InChI is InChI=1S/C13H9N3O2S/c1-8-11(17)14-13-16(15-8)12(18)10(19-13)7-9-5-3-2-4-6-9/h2-7H,1H3/b10-7-. The molecule has 0 saturated carbocycles. The van der Waals surface area contributed by atoms with Gasteiger partial charge in [-0.25, -0.2) is 0 Å². The Kier molecular flexibility index (Phi) is 2.72. The van der Waals surface area contributed by atoms with Crippen molar-refractivity contribution in [3.8, 4) is 0 Å². The van der Waals surface area contributed by atoms with Gasteiger partial charge in [-0.15, -0.1) is 0 Å². The number of nitrogens with zero attached hydrogens (tertiary/aromatic N) is 3. The van der Waals surface area contributed by atoms with Gasteiger partial charge < -0.3 is 0 Å². The van der Waals surface area contributed by atoms with Crippen LogP contribution in [0.15, 0.2) is 39.9 Å². The lowest BCUT2D eigenvalue weighted by Gasteiger charge is -1.89. The van der Waals surface area contributed by atoms with E-state index in [0.29, 0.717) is 9.49 Å². The van der Waals surface area contributed by atoms with Crippen molar-refractivity contribution in [1.29, 1.82) is 0 Å². The van der Waals surface area contributed by atoms with E-state index in [0.717, 1.165) is 16.9 Å². The highest BCUT2D eigenvalue weighted by atomic mass is 32.1. The molecule has 0 spiro atoms. The average Bonchev–Trinajstić information content (AvgIpc) is 2.69. The van der Waals surface area contributed by atoms with E-state index in [1.54, 1.807) is 13.0 Å². The number of fused-ring (bicyclic) bond motifs is 1. The molecule has 0 saturated heterocycles. The Morgan fingerprint density at radius 2 is 1.95 bits per heavy atom. The van der Waals surface area contributed by atoms with Gasteiger partial charge in [0.15, 0.2) is 0 Å². The second-order valence-electron chi connectivity index (χ2n) is 4.02. The van der Waals surface area contributed by atoms with Gasteiger partial charge in [0.05, 0.1) is 4.53 Å². The first-order chi connectivity index (χ1) is 9.15. The second kappa shape index (κ2) is 4.40. The van der Waals surface area contributed by atoms with Crippen molar-refractivity contribution in [3.63, 3.8) is 0 Å². The van der Waals surface area contributed by atoms with Crippen molar-refractivity contribution in [1.82, 2.24) is 14.6 Å². The summed E-state index contributed by atoms with van der Waals surface area (Å²) in [6.07, 6.45) is 1.77. The number of aryl methyl sites for hydroxylation is 1. The molecule has 19 heavy (non-hydrogen) atoms. The van der Waals surface area contributed by atoms with Crippen LogP contribution < -0.4 is 15.7 Å². The molecule has 1 aromatic carbocycles. The Labute approximate surface area is 111 Å². The fourth-order valence-electron chi connectivity index (χ4n) is 1.69. The molecule has 3 rings (SSSR count). The maximum atomic E-state index is 12.1. The minimum Gasteiger partial charge on any atom is -0.266 e. The summed E-state index contributed by atoms with van der Waals surface area (Å²) < 4.78 is 1.69. The summed E-state index contributed by atoms with van der Waals surface area (Å²) in [5.74, 6) is 0. The molecule has 94 valence electrons. The van der Waals surface area contributed by atoms with Crippen molar-refractivity contribution in [2.24, 2.45) is 0 Å². The zero-order valence-corrected chi connectivity index (χ0v) is 10.8. The predicted octanol–water partition coefficient (Wildman–Crippen LogP) is 0.367. The zero-order valence-electron chi connectivity index (χ0n) is 10.0. The van der Waals surface area contributed by atoms with Crippen LogP contribution in [-0.2, 0) is 0 Å². The van der Waals surface area contributed by atoms with E-state index < -0.39 is 5.56 Å². The topological polar surface area (TPSA) is 64.3 Å². The Hall–Kier alpha value is -2.34. The van der Waals surface area contributed by atoms with Crippen molar-refractivity contribution in [2.75, 3.05) is 0 Å². The van der Waals surface area contributed by atoms with E-state index in [1.165, 1.54) is 4.52 Å². The summed E-state index contributed by atoms with van der Waals surface area (Å²) in [6.45, 7) is 1.54. The number of benzene rings is 1. The average molecular weight is 271 g/mol. The van der Waals surface area contributed by atoms with Crippen molar-refractivity contribution in [3.05, 3.63) is 66.8 Å². The van der Waals surface area contributed by atoms with E-state index in [4.69, 9.17) is 0 Å². The Bertz CT molecular complexity index is 913. The van der Waals surface area contributed by atoms with Crippen molar-refractivity contribution >= 4 is 22.4 Å². The van der Waals surface area contributed by atoms with Crippen LogP contribution in [0.25, 0.3) is 11.0 Å². The molecule has 3 aromatic rings.